The summed E-state index contributed by atoms with van der Waals surface area (Å²) in [7, 11) is 0. The zero-order chi connectivity index (χ0) is 8.39. The van der Waals surface area contributed by atoms with Gasteiger partial charge in [-0.3, -0.25) is 4.79 Å². The minimum Gasteiger partial charge on any atom is -0.451 e. The molecule has 2 heterocycles. The summed E-state index contributed by atoms with van der Waals surface area (Å²) in [4.78, 5) is 18.7. The van der Waals surface area contributed by atoms with E-state index in [2.05, 4.69) is 18.8 Å². The first-order chi connectivity index (χ1) is 5.88. The summed E-state index contributed by atoms with van der Waals surface area (Å²) < 4.78 is 9.29. The summed E-state index contributed by atoms with van der Waals surface area (Å²) in [5.41, 5.74) is 0.452. The van der Waals surface area contributed by atoms with Gasteiger partial charge >= 0.3 is 0 Å². The molecular formula is C7H4N2O3. The molecule has 0 radical (unpaired) electrons. The van der Waals surface area contributed by atoms with Gasteiger partial charge in [-0.05, 0) is 0 Å². The Labute approximate surface area is 67.0 Å². The van der Waals surface area contributed by atoms with Crippen LogP contribution in [0, 0.1) is 0 Å². The van der Waals surface area contributed by atoms with E-state index in [1.807, 2.05) is 0 Å². The smallest absolute Gasteiger partial charge is 0.236 e. The van der Waals surface area contributed by atoms with E-state index in [4.69, 9.17) is 0 Å². The van der Waals surface area contributed by atoms with Gasteiger partial charge in [-0.25, -0.2) is 9.97 Å². The van der Waals surface area contributed by atoms with E-state index in [9.17, 15) is 4.79 Å². The quantitative estimate of drug-likeness (QED) is 0.616. The van der Waals surface area contributed by atoms with Gasteiger partial charge in [0.1, 0.15) is 12.5 Å². The van der Waals surface area contributed by atoms with Crippen molar-refractivity contribution in [3.05, 3.63) is 36.7 Å². The summed E-state index contributed by atoms with van der Waals surface area (Å²) in [6, 6.07) is 0. The number of nitrogens with zero attached hydrogens (tertiary/aromatic N) is 2. The molecule has 5 nitrogen and oxygen atoms in total. The molecule has 0 aliphatic carbocycles. The van der Waals surface area contributed by atoms with E-state index in [-0.39, 0.29) is 17.2 Å². The topological polar surface area (TPSA) is 69.1 Å². The van der Waals surface area contributed by atoms with Crippen LogP contribution in [0.4, 0.5) is 0 Å². The predicted molar refractivity (Wildman–Crippen MR) is 36.4 cm³/mol. The summed E-state index contributed by atoms with van der Waals surface area (Å²) >= 11 is 0. The largest absolute Gasteiger partial charge is 0.451 e. The molecule has 0 aliphatic heterocycles. The van der Waals surface area contributed by atoms with Crippen molar-refractivity contribution in [2.75, 3.05) is 0 Å². The van der Waals surface area contributed by atoms with E-state index >= 15 is 0 Å². The highest BCUT2D eigenvalue weighted by atomic mass is 16.3. The Hall–Kier alpha value is -1.91. The molecule has 0 saturated heterocycles. The van der Waals surface area contributed by atoms with Crippen LogP contribution in [0.25, 0.3) is 0 Å². The summed E-state index contributed by atoms with van der Waals surface area (Å²) in [6.45, 7) is 0. The van der Waals surface area contributed by atoms with Gasteiger partial charge in [0.15, 0.2) is 24.2 Å². The van der Waals surface area contributed by atoms with Gasteiger partial charge in [-0.15, -0.1) is 0 Å². The number of carbonyl (C=O) groups excluding carboxylic acids is 1. The zero-order valence-corrected chi connectivity index (χ0v) is 5.93. The molecule has 0 atom stereocenters. The molecule has 5 heteroatoms. The van der Waals surface area contributed by atoms with Gasteiger partial charge in [-0.1, -0.05) is 0 Å². The Morgan fingerprint density at radius 3 is 1.92 bits per heavy atom. The molecule has 0 spiro atoms. The first-order valence-corrected chi connectivity index (χ1v) is 3.19. The first-order valence-electron chi connectivity index (χ1n) is 3.19. The van der Waals surface area contributed by atoms with E-state index < -0.39 is 0 Å². The van der Waals surface area contributed by atoms with E-state index in [1.54, 1.807) is 0 Å². The molecule has 0 unspecified atom stereocenters. The van der Waals surface area contributed by atoms with Gasteiger partial charge in [0.05, 0.1) is 0 Å². The van der Waals surface area contributed by atoms with Gasteiger partial charge in [-0.2, -0.15) is 0 Å². The summed E-state index contributed by atoms with van der Waals surface area (Å²) in [5.74, 6) is -0.308. The first kappa shape index (κ1) is 6.78. The number of carbonyl (C=O) groups is 1. The Kier molecular flexibility index (Phi) is 1.48. The van der Waals surface area contributed by atoms with Crippen LogP contribution in [-0.2, 0) is 0 Å². The third kappa shape index (κ3) is 1.01. The Balaban J connectivity index is 2.34. The van der Waals surface area contributed by atoms with Crippen LogP contribution in [-0.4, -0.2) is 15.8 Å². The predicted octanol–water partition coefficient (Wildman–Crippen LogP) is 0.894. The maximum absolute atomic E-state index is 11.3. The molecular weight excluding hydrogens is 160 g/mol. The third-order valence-electron chi connectivity index (χ3n) is 1.33. The van der Waals surface area contributed by atoms with Crippen LogP contribution in [0.2, 0.25) is 0 Å². The number of ketones is 1. The van der Waals surface area contributed by atoms with E-state index in [0.717, 1.165) is 0 Å². The molecule has 0 aliphatic rings. The lowest BCUT2D eigenvalue weighted by molar-refractivity contribution is 0.103. The van der Waals surface area contributed by atoms with Crippen molar-refractivity contribution in [3.63, 3.8) is 0 Å². The third-order valence-corrected chi connectivity index (χ3v) is 1.33. The molecule has 0 aromatic carbocycles. The van der Waals surface area contributed by atoms with Crippen molar-refractivity contribution in [1.29, 1.82) is 0 Å². The summed E-state index contributed by atoms with van der Waals surface area (Å²) in [5, 5.41) is 0. The Morgan fingerprint density at radius 1 is 1.08 bits per heavy atom. The van der Waals surface area contributed by atoms with Crippen molar-refractivity contribution in [2.24, 2.45) is 0 Å². The fraction of sp³-hybridized carbons (Fsp3) is 0. The zero-order valence-electron chi connectivity index (χ0n) is 5.93. The standard InChI is InChI=1S/C7H4N2O3/c10-7(5-1-11-3-8-5)6-2-12-4-9-6/h1-4H. The molecule has 2 rings (SSSR count). The van der Waals surface area contributed by atoms with Crippen molar-refractivity contribution >= 4 is 5.78 Å². The van der Waals surface area contributed by atoms with Crippen LogP contribution < -0.4 is 0 Å². The maximum atomic E-state index is 11.3. The molecule has 2 aromatic heterocycles. The average molecular weight is 164 g/mol. The van der Waals surface area contributed by atoms with Crippen LogP contribution in [0.3, 0.4) is 0 Å². The van der Waals surface area contributed by atoms with Crippen molar-refractivity contribution in [3.8, 4) is 0 Å². The minimum atomic E-state index is -0.308. The van der Waals surface area contributed by atoms with Crippen molar-refractivity contribution < 1.29 is 13.6 Å². The van der Waals surface area contributed by atoms with Crippen molar-refractivity contribution in [2.45, 2.75) is 0 Å². The SMILES string of the molecule is O=C(c1cocn1)c1cocn1. The second-order valence-corrected chi connectivity index (χ2v) is 2.08. The van der Waals surface area contributed by atoms with Crippen LogP contribution in [0.15, 0.2) is 34.1 Å². The van der Waals surface area contributed by atoms with Crippen LogP contribution >= 0.6 is 0 Å². The van der Waals surface area contributed by atoms with Gasteiger partial charge < -0.3 is 8.83 Å². The number of hydrogen-bond donors (Lipinski definition) is 0. The van der Waals surface area contributed by atoms with E-state index in [1.165, 1.54) is 25.3 Å². The van der Waals surface area contributed by atoms with Gasteiger partial charge in [0.25, 0.3) is 0 Å². The average Bonchev–Trinajstić information content (AvgIpc) is 2.77. The molecule has 2 aromatic rings. The molecule has 0 fully saturated rings. The van der Waals surface area contributed by atoms with Gasteiger partial charge in [0, 0.05) is 0 Å². The number of oxazole rings is 2. The summed E-state index contributed by atoms with van der Waals surface area (Å²) in [6.07, 6.45) is 4.90. The lowest BCUT2D eigenvalue weighted by atomic mass is 10.2. The van der Waals surface area contributed by atoms with Crippen LogP contribution in [0.1, 0.15) is 16.2 Å². The fourth-order valence-corrected chi connectivity index (χ4v) is 0.781. The number of hydrogen-bond acceptors (Lipinski definition) is 5. The van der Waals surface area contributed by atoms with E-state index in [0.29, 0.717) is 0 Å². The van der Waals surface area contributed by atoms with Gasteiger partial charge in [0.2, 0.25) is 5.78 Å². The molecule has 0 saturated carbocycles. The lowest BCUT2D eigenvalue weighted by Crippen LogP contribution is -2.01. The highest BCUT2D eigenvalue weighted by Gasteiger charge is 2.13. The molecule has 0 amide bonds. The second kappa shape index (κ2) is 2.61. The molecule has 60 valence electrons. The Morgan fingerprint density at radius 2 is 1.58 bits per heavy atom. The monoisotopic (exact) mass is 164 g/mol. The van der Waals surface area contributed by atoms with Crippen molar-refractivity contribution in [1.82, 2.24) is 9.97 Å². The molecule has 0 N–H and O–H groups in total. The minimum absolute atomic E-state index is 0.226. The molecule has 0 bridgehead atoms. The van der Waals surface area contributed by atoms with Crippen LogP contribution in [0.5, 0.6) is 0 Å². The number of rotatable bonds is 2. The highest BCUT2D eigenvalue weighted by molar-refractivity contribution is 6.05. The Bertz CT molecular complexity index is 327. The fourth-order valence-electron chi connectivity index (χ4n) is 0.781. The second-order valence-electron chi connectivity index (χ2n) is 2.08. The lowest BCUT2D eigenvalue weighted by Gasteiger charge is -1.85. The molecule has 12 heavy (non-hydrogen) atoms. The number of aromatic nitrogens is 2. The maximum Gasteiger partial charge on any atom is 0.236 e. The normalized spacial score (nSPS) is 10.0. The highest BCUT2D eigenvalue weighted by Crippen LogP contribution is 2.04.